The second-order valence-corrected chi connectivity index (χ2v) is 5.24. The van der Waals surface area contributed by atoms with Gasteiger partial charge in [0.15, 0.2) is 0 Å². The fourth-order valence-electron chi connectivity index (χ4n) is 2.46. The van der Waals surface area contributed by atoms with Crippen LogP contribution < -0.4 is 0 Å². The Balaban J connectivity index is 1.97. The molecule has 3 nitrogen and oxygen atoms in total. The Bertz CT molecular complexity index is 428. The van der Waals surface area contributed by atoms with Crippen molar-refractivity contribution in [3.63, 3.8) is 0 Å². The number of alkyl halides is 1. The van der Waals surface area contributed by atoms with E-state index in [1.54, 1.807) is 0 Å². The summed E-state index contributed by atoms with van der Waals surface area (Å²) in [5, 5.41) is 0. The highest BCUT2D eigenvalue weighted by atomic mass is 35.5. The van der Waals surface area contributed by atoms with Gasteiger partial charge in [0, 0.05) is 37.6 Å². The molecule has 1 heterocycles. The van der Waals surface area contributed by atoms with Gasteiger partial charge in [-0.25, -0.2) is 0 Å². The molecular weight excluding hydrogens is 260 g/mol. The highest BCUT2D eigenvalue weighted by Gasteiger charge is 2.21. The summed E-state index contributed by atoms with van der Waals surface area (Å²) in [5.41, 5.74) is 1.75. The first-order valence-electron chi connectivity index (χ1n) is 6.91. The number of carbonyl (C=O) groups is 1. The first-order chi connectivity index (χ1) is 9.24. The number of nitrogens with zero attached hydrogens (tertiary/aromatic N) is 2. The quantitative estimate of drug-likeness (QED) is 0.792. The molecule has 1 amide bonds. The number of carbonyl (C=O) groups excluding carboxylic acids is 1. The maximum absolute atomic E-state index is 12.4. The molecule has 19 heavy (non-hydrogen) atoms. The minimum Gasteiger partial charge on any atom is -0.336 e. The largest absolute Gasteiger partial charge is 0.336 e. The zero-order valence-corrected chi connectivity index (χ0v) is 12.2. The van der Waals surface area contributed by atoms with Gasteiger partial charge in [-0.05, 0) is 30.7 Å². The molecule has 1 aromatic carbocycles. The van der Waals surface area contributed by atoms with Gasteiger partial charge in [-0.3, -0.25) is 9.69 Å². The van der Waals surface area contributed by atoms with E-state index in [0.717, 1.165) is 43.9 Å². The van der Waals surface area contributed by atoms with E-state index in [4.69, 9.17) is 11.6 Å². The molecule has 1 aliphatic heterocycles. The standard InChI is InChI=1S/C15H21ClN2O/c1-2-6-17-7-9-18(10-8-17)15(19)14-5-3-4-13(11-14)12-16/h3-5,11H,2,6-10,12H2,1H3. The van der Waals surface area contributed by atoms with Crippen LogP contribution in [-0.4, -0.2) is 48.4 Å². The van der Waals surface area contributed by atoms with E-state index in [9.17, 15) is 4.79 Å². The van der Waals surface area contributed by atoms with Crippen LogP contribution in [0.5, 0.6) is 0 Å². The summed E-state index contributed by atoms with van der Waals surface area (Å²) in [6.45, 7) is 6.93. The fraction of sp³-hybridized carbons (Fsp3) is 0.533. The van der Waals surface area contributed by atoms with Crippen LogP contribution in [0, 0.1) is 0 Å². The van der Waals surface area contributed by atoms with Crippen molar-refractivity contribution in [1.29, 1.82) is 0 Å². The van der Waals surface area contributed by atoms with Gasteiger partial charge in [0.05, 0.1) is 0 Å². The minimum absolute atomic E-state index is 0.128. The van der Waals surface area contributed by atoms with E-state index in [0.29, 0.717) is 5.88 Å². The van der Waals surface area contributed by atoms with E-state index >= 15 is 0 Å². The molecule has 0 unspecified atom stereocenters. The smallest absolute Gasteiger partial charge is 0.253 e. The Hall–Kier alpha value is -1.06. The van der Waals surface area contributed by atoms with Crippen molar-refractivity contribution in [2.75, 3.05) is 32.7 Å². The molecule has 0 N–H and O–H groups in total. The topological polar surface area (TPSA) is 23.6 Å². The van der Waals surface area contributed by atoms with Crippen LogP contribution in [0.1, 0.15) is 29.3 Å². The molecule has 0 radical (unpaired) electrons. The maximum atomic E-state index is 12.4. The van der Waals surface area contributed by atoms with Gasteiger partial charge in [0.25, 0.3) is 5.91 Å². The van der Waals surface area contributed by atoms with Crippen LogP contribution in [0.3, 0.4) is 0 Å². The van der Waals surface area contributed by atoms with E-state index < -0.39 is 0 Å². The zero-order valence-electron chi connectivity index (χ0n) is 11.4. The summed E-state index contributed by atoms with van der Waals surface area (Å²) in [4.78, 5) is 16.8. The molecule has 0 bridgehead atoms. The lowest BCUT2D eigenvalue weighted by atomic mass is 10.1. The molecule has 1 aromatic rings. The van der Waals surface area contributed by atoms with E-state index in [1.807, 2.05) is 29.2 Å². The Kier molecular flexibility index (Phi) is 5.23. The Morgan fingerprint density at radius 2 is 2.00 bits per heavy atom. The number of halogens is 1. The van der Waals surface area contributed by atoms with Gasteiger partial charge in [-0.15, -0.1) is 11.6 Å². The number of amides is 1. The van der Waals surface area contributed by atoms with Crippen molar-refractivity contribution < 1.29 is 4.79 Å². The molecule has 0 aromatic heterocycles. The van der Waals surface area contributed by atoms with Gasteiger partial charge in [-0.1, -0.05) is 19.1 Å². The summed E-state index contributed by atoms with van der Waals surface area (Å²) in [6, 6.07) is 7.62. The number of benzene rings is 1. The average molecular weight is 281 g/mol. The number of hydrogen-bond donors (Lipinski definition) is 0. The van der Waals surface area contributed by atoms with Crippen LogP contribution in [0.2, 0.25) is 0 Å². The summed E-state index contributed by atoms with van der Waals surface area (Å²) in [6.07, 6.45) is 1.17. The van der Waals surface area contributed by atoms with Crippen molar-refractivity contribution in [1.82, 2.24) is 9.80 Å². The average Bonchev–Trinajstić information content (AvgIpc) is 2.48. The predicted octanol–water partition coefficient (Wildman–Crippen LogP) is 2.59. The van der Waals surface area contributed by atoms with Gasteiger partial charge in [0.1, 0.15) is 0 Å². The van der Waals surface area contributed by atoms with Crippen molar-refractivity contribution in [3.8, 4) is 0 Å². The van der Waals surface area contributed by atoms with E-state index in [1.165, 1.54) is 6.42 Å². The molecule has 1 aliphatic rings. The van der Waals surface area contributed by atoms with Crippen molar-refractivity contribution in [3.05, 3.63) is 35.4 Å². The Morgan fingerprint density at radius 1 is 1.26 bits per heavy atom. The second kappa shape index (κ2) is 6.92. The molecule has 104 valence electrons. The molecule has 0 atom stereocenters. The normalized spacial score (nSPS) is 16.6. The summed E-state index contributed by atoms with van der Waals surface area (Å²) >= 11 is 5.81. The first kappa shape index (κ1) is 14.4. The van der Waals surface area contributed by atoms with Gasteiger partial charge in [0.2, 0.25) is 0 Å². The molecule has 2 rings (SSSR count). The van der Waals surface area contributed by atoms with Crippen molar-refractivity contribution in [2.24, 2.45) is 0 Å². The lowest BCUT2D eigenvalue weighted by Gasteiger charge is -2.34. The lowest BCUT2D eigenvalue weighted by molar-refractivity contribution is 0.0637. The Labute approximate surface area is 120 Å². The zero-order chi connectivity index (χ0) is 13.7. The second-order valence-electron chi connectivity index (χ2n) is 4.97. The first-order valence-corrected chi connectivity index (χ1v) is 7.44. The SMILES string of the molecule is CCCN1CCN(C(=O)c2cccc(CCl)c2)CC1. The minimum atomic E-state index is 0.128. The van der Waals surface area contributed by atoms with E-state index in [2.05, 4.69) is 11.8 Å². The Morgan fingerprint density at radius 3 is 2.63 bits per heavy atom. The van der Waals surface area contributed by atoms with Gasteiger partial charge in [-0.2, -0.15) is 0 Å². The molecule has 0 aliphatic carbocycles. The fourth-order valence-corrected chi connectivity index (χ4v) is 2.63. The van der Waals surface area contributed by atoms with E-state index in [-0.39, 0.29) is 5.91 Å². The van der Waals surface area contributed by atoms with Crippen LogP contribution in [-0.2, 0) is 5.88 Å². The van der Waals surface area contributed by atoms with Crippen molar-refractivity contribution in [2.45, 2.75) is 19.2 Å². The molecule has 0 spiro atoms. The summed E-state index contributed by atoms with van der Waals surface area (Å²) < 4.78 is 0. The van der Waals surface area contributed by atoms with Crippen LogP contribution in [0.25, 0.3) is 0 Å². The number of rotatable bonds is 4. The number of piperazine rings is 1. The third-order valence-corrected chi connectivity index (χ3v) is 3.84. The third-order valence-electron chi connectivity index (χ3n) is 3.53. The molecule has 4 heteroatoms. The van der Waals surface area contributed by atoms with Crippen LogP contribution in [0.4, 0.5) is 0 Å². The number of hydrogen-bond acceptors (Lipinski definition) is 2. The van der Waals surface area contributed by atoms with Gasteiger partial charge < -0.3 is 4.90 Å². The van der Waals surface area contributed by atoms with Crippen molar-refractivity contribution >= 4 is 17.5 Å². The van der Waals surface area contributed by atoms with Crippen LogP contribution in [0.15, 0.2) is 24.3 Å². The summed E-state index contributed by atoms with van der Waals surface area (Å²) in [5.74, 6) is 0.578. The predicted molar refractivity (Wildman–Crippen MR) is 78.6 cm³/mol. The molecule has 0 saturated carbocycles. The maximum Gasteiger partial charge on any atom is 0.253 e. The molecular formula is C15H21ClN2O. The third kappa shape index (κ3) is 3.71. The van der Waals surface area contributed by atoms with Crippen LogP contribution >= 0.6 is 11.6 Å². The highest BCUT2D eigenvalue weighted by molar-refractivity contribution is 6.17. The molecule has 1 saturated heterocycles. The monoisotopic (exact) mass is 280 g/mol. The van der Waals surface area contributed by atoms with Gasteiger partial charge >= 0.3 is 0 Å². The summed E-state index contributed by atoms with van der Waals surface area (Å²) in [7, 11) is 0. The highest BCUT2D eigenvalue weighted by Crippen LogP contribution is 2.12. The molecule has 1 fully saturated rings. The lowest BCUT2D eigenvalue weighted by Crippen LogP contribution is -2.48.